The van der Waals surface area contributed by atoms with Crippen molar-refractivity contribution in [2.24, 2.45) is 12.0 Å². The molecule has 1 heterocycles. The third kappa shape index (κ3) is 5.91. The molecule has 0 aliphatic rings. The molecule has 3 rings (SSSR count). The molecular weight excluding hydrogens is 418 g/mol. The number of rotatable bonds is 7. The van der Waals surface area contributed by atoms with Crippen LogP contribution in [0, 0.1) is 20.8 Å². The van der Waals surface area contributed by atoms with Gasteiger partial charge in [-0.05, 0) is 57.0 Å². The first-order valence-corrected chi connectivity index (χ1v) is 10.7. The van der Waals surface area contributed by atoms with Gasteiger partial charge in [0, 0.05) is 36.6 Å². The standard InChI is InChI=1S/C25H31N5O3/c1-16-8-7-9-19(14-16)24(31)28-25(26-13-12-21-17(2)29-30(4)18(21)3)27-20-10-11-22(32-5)23(15-20)33-6/h7-11,14-15H,12-13H2,1-6H3,(H2,26,27,28,31). The zero-order chi connectivity index (χ0) is 24.0. The van der Waals surface area contributed by atoms with Crippen LogP contribution < -0.4 is 20.1 Å². The lowest BCUT2D eigenvalue weighted by Gasteiger charge is -2.14. The first kappa shape index (κ1) is 23.8. The van der Waals surface area contributed by atoms with Gasteiger partial charge >= 0.3 is 0 Å². The summed E-state index contributed by atoms with van der Waals surface area (Å²) in [6, 6.07) is 12.9. The molecule has 33 heavy (non-hydrogen) atoms. The second-order valence-corrected chi connectivity index (χ2v) is 7.77. The highest BCUT2D eigenvalue weighted by molar-refractivity contribution is 6.10. The smallest absolute Gasteiger partial charge is 0.257 e. The Kier molecular flexibility index (Phi) is 7.71. The van der Waals surface area contributed by atoms with Gasteiger partial charge in [-0.2, -0.15) is 5.10 Å². The van der Waals surface area contributed by atoms with Crippen molar-refractivity contribution in [1.29, 1.82) is 0 Å². The Labute approximate surface area is 194 Å². The summed E-state index contributed by atoms with van der Waals surface area (Å²) >= 11 is 0. The highest BCUT2D eigenvalue weighted by Crippen LogP contribution is 2.29. The van der Waals surface area contributed by atoms with Gasteiger partial charge in [0.15, 0.2) is 11.5 Å². The molecule has 8 heteroatoms. The van der Waals surface area contributed by atoms with Crippen LogP contribution in [-0.4, -0.2) is 42.4 Å². The summed E-state index contributed by atoms with van der Waals surface area (Å²) in [6.07, 6.45) is 0.711. The van der Waals surface area contributed by atoms with Crippen LogP contribution in [0.25, 0.3) is 0 Å². The third-order valence-corrected chi connectivity index (χ3v) is 5.45. The molecule has 0 aliphatic heterocycles. The third-order valence-electron chi connectivity index (χ3n) is 5.45. The topological polar surface area (TPSA) is 89.8 Å². The van der Waals surface area contributed by atoms with E-state index in [1.165, 1.54) is 0 Å². The van der Waals surface area contributed by atoms with Crippen LogP contribution in [0.2, 0.25) is 0 Å². The lowest BCUT2D eigenvalue weighted by molar-refractivity contribution is 0.0977. The SMILES string of the molecule is COc1ccc(NC(=NCCc2c(C)nn(C)c2C)NC(=O)c2cccc(C)c2)cc1OC. The van der Waals surface area contributed by atoms with E-state index in [-0.39, 0.29) is 5.91 Å². The number of guanidine groups is 1. The van der Waals surface area contributed by atoms with E-state index in [1.807, 2.05) is 56.8 Å². The minimum Gasteiger partial charge on any atom is -0.493 e. The van der Waals surface area contributed by atoms with Gasteiger partial charge in [-0.25, -0.2) is 0 Å². The largest absolute Gasteiger partial charge is 0.493 e. The molecule has 174 valence electrons. The number of carbonyl (C=O) groups excluding carboxylic acids is 1. The maximum Gasteiger partial charge on any atom is 0.257 e. The number of aromatic nitrogens is 2. The molecule has 0 saturated heterocycles. The monoisotopic (exact) mass is 449 g/mol. The second-order valence-electron chi connectivity index (χ2n) is 7.77. The first-order chi connectivity index (χ1) is 15.8. The van der Waals surface area contributed by atoms with Crippen LogP contribution in [0.3, 0.4) is 0 Å². The average molecular weight is 450 g/mol. The van der Waals surface area contributed by atoms with Crippen molar-refractivity contribution in [3.05, 3.63) is 70.5 Å². The zero-order valence-electron chi connectivity index (χ0n) is 20.0. The van der Waals surface area contributed by atoms with Gasteiger partial charge in [0.05, 0.1) is 19.9 Å². The summed E-state index contributed by atoms with van der Waals surface area (Å²) in [5, 5.41) is 10.6. The van der Waals surface area contributed by atoms with Crippen molar-refractivity contribution < 1.29 is 14.3 Å². The van der Waals surface area contributed by atoms with Crippen molar-refractivity contribution in [3.63, 3.8) is 0 Å². The molecule has 2 aromatic carbocycles. The van der Waals surface area contributed by atoms with Crippen LogP contribution in [0.5, 0.6) is 11.5 Å². The van der Waals surface area contributed by atoms with Crippen LogP contribution in [-0.2, 0) is 13.5 Å². The quantitative estimate of drug-likeness (QED) is 0.423. The van der Waals surface area contributed by atoms with E-state index in [2.05, 4.69) is 20.7 Å². The average Bonchev–Trinajstić information content (AvgIpc) is 3.04. The fraction of sp³-hybridized carbons (Fsp3) is 0.320. The van der Waals surface area contributed by atoms with E-state index in [1.54, 1.807) is 32.4 Å². The summed E-state index contributed by atoms with van der Waals surface area (Å²) in [5.74, 6) is 1.31. The summed E-state index contributed by atoms with van der Waals surface area (Å²) in [6.45, 7) is 6.47. The first-order valence-electron chi connectivity index (χ1n) is 10.7. The number of methoxy groups -OCH3 is 2. The number of hydrogen-bond donors (Lipinski definition) is 2. The Morgan fingerprint density at radius 1 is 1.06 bits per heavy atom. The highest BCUT2D eigenvalue weighted by atomic mass is 16.5. The van der Waals surface area contributed by atoms with E-state index in [0.717, 1.165) is 22.5 Å². The summed E-state index contributed by atoms with van der Waals surface area (Å²) in [4.78, 5) is 17.5. The Hall–Kier alpha value is -3.81. The van der Waals surface area contributed by atoms with Crippen LogP contribution in [0.15, 0.2) is 47.5 Å². The van der Waals surface area contributed by atoms with Gasteiger partial charge in [0.1, 0.15) is 0 Å². The molecule has 0 atom stereocenters. The fourth-order valence-electron chi connectivity index (χ4n) is 3.59. The highest BCUT2D eigenvalue weighted by Gasteiger charge is 2.13. The minimum absolute atomic E-state index is 0.237. The van der Waals surface area contributed by atoms with E-state index in [4.69, 9.17) is 9.47 Å². The lowest BCUT2D eigenvalue weighted by atomic mass is 10.1. The normalized spacial score (nSPS) is 11.3. The Morgan fingerprint density at radius 2 is 1.82 bits per heavy atom. The van der Waals surface area contributed by atoms with Crippen LogP contribution in [0.4, 0.5) is 5.69 Å². The predicted octanol–water partition coefficient (Wildman–Crippen LogP) is 3.80. The maximum atomic E-state index is 12.9. The molecule has 3 aromatic rings. The number of nitrogens with zero attached hydrogens (tertiary/aromatic N) is 3. The molecule has 0 radical (unpaired) electrons. The van der Waals surface area contributed by atoms with Gasteiger partial charge < -0.3 is 14.8 Å². The van der Waals surface area contributed by atoms with E-state index in [0.29, 0.717) is 41.7 Å². The van der Waals surface area contributed by atoms with E-state index >= 15 is 0 Å². The molecule has 0 fully saturated rings. The number of aryl methyl sites for hydroxylation is 3. The summed E-state index contributed by atoms with van der Waals surface area (Å²) in [5.41, 5.74) is 5.55. The predicted molar refractivity (Wildman–Crippen MR) is 131 cm³/mol. The molecule has 0 aliphatic carbocycles. The number of benzene rings is 2. The molecule has 1 aromatic heterocycles. The van der Waals surface area contributed by atoms with Gasteiger partial charge in [-0.3, -0.25) is 19.8 Å². The second kappa shape index (κ2) is 10.7. The number of aliphatic imine (C=N–C) groups is 1. The molecule has 1 amide bonds. The molecule has 0 saturated carbocycles. The van der Waals surface area contributed by atoms with Crippen molar-refractivity contribution in [1.82, 2.24) is 15.1 Å². The minimum atomic E-state index is -0.237. The van der Waals surface area contributed by atoms with Gasteiger partial charge in [0.2, 0.25) is 5.96 Å². The van der Waals surface area contributed by atoms with E-state index in [9.17, 15) is 4.79 Å². The number of hydrogen-bond acceptors (Lipinski definition) is 5. The van der Waals surface area contributed by atoms with Crippen molar-refractivity contribution in [2.75, 3.05) is 26.1 Å². The Morgan fingerprint density at radius 3 is 2.45 bits per heavy atom. The number of amides is 1. The Bertz CT molecular complexity index is 1170. The molecule has 2 N–H and O–H groups in total. The fourth-order valence-corrected chi connectivity index (χ4v) is 3.59. The lowest BCUT2D eigenvalue weighted by Crippen LogP contribution is -2.36. The van der Waals surface area contributed by atoms with Gasteiger partial charge in [-0.15, -0.1) is 0 Å². The van der Waals surface area contributed by atoms with Crippen molar-refractivity contribution in [2.45, 2.75) is 27.2 Å². The number of anilines is 1. The molecule has 0 spiro atoms. The van der Waals surface area contributed by atoms with Crippen LogP contribution in [0.1, 0.15) is 32.9 Å². The zero-order valence-corrected chi connectivity index (χ0v) is 20.0. The molecule has 8 nitrogen and oxygen atoms in total. The molecule has 0 unspecified atom stereocenters. The molecular formula is C25H31N5O3. The number of ether oxygens (including phenoxy) is 2. The summed E-state index contributed by atoms with van der Waals surface area (Å²) in [7, 11) is 5.10. The number of nitrogens with one attached hydrogen (secondary N) is 2. The van der Waals surface area contributed by atoms with E-state index < -0.39 is 0 Å². The molecule has 0 bridgehead atoms. The number of carbonyl (C=O) groups is 1. The van der Waals surface area contributed by atoms with Gasteiger partial charge in [0.25, 0.3) is 5.91 Å². The van der Waals surface area contributed by atoms with Crippen molar-refractivity contribution in [3.8, 4) is 11.5 Å². The van der Waals surface area contributed by atoms with Crippen LogP contribution >= 0.6 is 0 Å². The van der Waals surface area contributed by atoms with Gasteiger partial charge in [-0.1, -0.05) is 17.7 Å². The van der Waals surface area contributed by atoms with Crippen molar-refractivity contribution >= 4 is 17.6 Å². The summed E-state index contributed by atoms with van der Waals surface area (Å²) < 4.78 is 12.6. The maximum absolute atomic E-state index is 12.9. The Balaban J connectivity index is 1.83.